The molecule has 0 heterocycles. The van der Waals surface area contributed by atoms with E-state index < -0.39 is 9.84 Å². The average molecular weight is 312 g/mol. The van der Waals surface area contributed by atoms with Gasteiger partial charge in [0, 0.05) is 13.1 Å². The predicted molar refractivity (Wildman–Crippen MR) is 89.2 cm³/mol. The second-order valence-corrected chi connectivity index (χ2v) is 8.42. The maximum atomic E-state index is 11.6. The fraction of sp³-hybridized carbons (Fsp3) is 0.625. The largest absolute Gasteiger partial charge is 0.316 e. The van der Waals surface area contributed by atoms with Crippen molar-refractivity contribution in [3.05, 3.63) is 35.9 Å². The summed E-state index contributed by atoms with van der Waals surface area (Å²) in [6, 6.07) is 10.4. The lowest BCUT2D eigenvalue weighted by Gasteiger charge is -2.16. The lowest BCUT2D eigenvalue weighted by molar-refractivity contribution is 0.320. The first kappa shape index (κ1) is 18.1. The molecule has 0 bridgehead atoms. The standard InChI is InChI=1S/C16H28N2O2S/c1-15(2)21(19,20)13-11-17-10-7-12-18(3)14-16-8-5-4-6-9-16/h4-6,8-9,15,17H,7,10-14H2,1-3H3. The van der Waals surface area contributed by atoms with Gasteiger partial charge in [-0.3, -0.25) is 0 Å². The molecule has 0 atom stereocenters. The van der Waals surface area contributed by atoms with E-state index >= 15 is 0 Å². The summed E-state index contributed by atoms with van der Waals surface area (Å²) in [7, 11) is -0.808. The third-order valence-corrected chi connectivity index (χ3v) is 5.68. The molecule has 0 saturated carbocycles. The SMILES string of the molecule is CC(C)S(=O)(=O)CCNCCCN(C)Cc1ccccc1. The number of hydrogen-bond acceptors (Lipinski definition) is 4. The van der Waals surface area contributed by atoms with Gasteiger partial charge in [-0.25, -0.2) is 8.42 Å². The van der Waals surface area contributed by atoms with Gasteiger partial charge in [0.15, 0.2) is 9.84 Å². The van der Waals surface area contributed by atoms with Crippen LogP contribution in [-0.2, 0) is 16.4 Å². The van der Waals surface area contributed by atoms with Gasteiger partial charge in [-0.2, -0.15) is 0 Å². The molecule has 0 unspecified atom stereocenters. The van der Waals surface area contributed by atoms with Crippen molar-refractivity contribution in [1.82, 2.24) is 10.2 Å². The number of nitrogens with one attached hydrogen (secondary N) is 1. The summed E-state index contributed by atoms with van der Waals surface area (Å²) >= 11 is 0. The van der Waals surface area contributed by atoms with E-state index in [4.69, 9.17) is 0 Å². The molecule has 0 aliphatic rings. The molecule has 120 valence electrons. The lowest BCUT2D eigenvalue weighted by Crippen LogP contribution is -2.29. The highest BCUT2D eigenvalue weighted by atomic mass is 32.2. The normalized spacial score (nSPS) is 12.2. The molecular formula is C16H28N2O2S. The van der Waals surface area contributed by atoms with Crippen LogP contribution in [0.1, 0.15) is 25.8 Å². The Bertz CT molecular complexity index is 486. The number of sulfone groups is 1. The van der Waals surface area contributed by atoms with E-state index in [2.05, 4.69) is 41.5 Å². The maximum absolute atomic E-state index is 11.6. The van der Waals surface area contributed by atoms with Crippen molar-refractivity contribution in [3.8, 4) is 0 Å². The van der Waals surface area contributed by atoms with Crippen LogP contribution in [0.15, 0.2) is 30.3 Å². The fourth-order valence-electron chi connectivity index (χ4n) is 2.02. The summed E-state index contributed by atoms with van der Waals surface area (Å²) in [5.74, 6) is 0.227. The number of rotatable bonds is 10. The Morgan fingerprint density at radius 1 is 1.14 bits per heavy atom. The van der Waals surface area contributed by atoms with Crippen molar-refractivity contribution in [1.29, 1.82) is 0 Å². The molecule has 0 saturated heterocycles. The molecule has 1 N–H and O–H groups in total. The highest BCUT2D eigenvalue weighted by Gasteiger charge is 2.14. The van der Waals surface area contributed by atoms with E-state index in [9.17, 15) is 8.42 Å². The van der Waals surface area contributed by atoms with Crippen LogP contribution in [0.5, 0.6) is 0 Å². The van der Waals surface area contributed by atoms with Crippen molar-refractivity contribution in [3.63, 3.8) is 0 Å². The van der Waals surface area contributed by atoms with Gasteiger partial charge >= 0.3 is 0 Å². The minimum Gasteiger partial charge on any atom is -0.316 e. The van der Waals surface area contributed by atoms with Gasteiger partial charge in [-0.1, -0.05) is 30.3 Å². The molecule has 4 nitrogen and oxygen atoms in total. The lowest BCUT2D eigenvalue weighted by atomic mass is 10.2. The number of hydrogen-bond donors (Lipinski definition) is 1. The van der Waals surface area contributed by atoms with Crippen molar-refractivity contribution in [2.24, 2.45) is 0 Å². The zero-order valence-electron chi connectivity index (χ0n) is 13.4. The van der Waals surface area contributed by atoms with Crippen LogP contribution >= 0.6 is 0 Å². The fourth-order valence-corrected chi connectivity index (χ4v) is 2.92. The monoisotopic (exact) mass is 312 g/mol. The third kappa shape index (κ3) is 7.60. The van der Waals surface area contributed by atoms with Crippen LogP contribution in [0, 0.1) is 0 Å². The van der Waals surface area contributed by atoms with E-state index in [1.54, 1.807) is 13.8 Å². The first-order valence-electron chi connectivity index (χ1n) is 7.56. The van der Waals surface area contributed by atoms with Crippen molar-refractivity contribution in [2.45, 2.75) is 32.1 Å². The highest BCUT2D eigenvalue weighted by Crippen LogP contribution is 2.02. The molecule has 1 aromatic rings. The summed E-state index contributed by atoms with van der Waals surface area (Å²) in [4.78, 5) is 2.28. The number of nitrogens with zero attached hydrogens (tertiary/aromatic N) is 1. The van der Waals surface area contributed by atoms with Crippen LogP contribution < -0.4 is 5.32 Å². The second kappa shape index (κ2) is 9.18. The van der Waals surface area contributed by atoms with Gasteiger partial charge in [-0.05, 0) is 46.0 Å². The molecule has 0 aliphatic carbocycles. The first-order chi connectivity index (χ1) is 9.92. The number of benzene rings is 1. The second-order valence-electron chi connectivity index (χ2n) is 5.74. The van der Waals surface area contributed by atoms with Gasteiger partial charge in [0.2, 0.25) is 0 Å². The Morgan fingerprint density at radius 2 is 1.81 bits per heavy atom. The van der Waals surface area contributed by atoms with Crippen molar-refractivity contribution >= 4 is 9.84 Å². The Labute approximate surface area is 129 Å². The first-order valence-corrected chi connectivity index (χ1v) is 9.28. The molecule has 1 aromatic carbocycles. The third-order valence-electron chi connectivity index (χ3n) is 3.47. The van der Waals surface area contributed by atoms with Gasteiger partial charge in [0.25, 0.3) is 0 Å². The Kier molecular flexibility index (Phi) is 7.93. The Balaban J connectivity index is 2.09. The van der Waals surface area contributed by atoms with Crippen LogP contribution in [0.2, 0.25) is 0 Å². The average Bonchev–Trinajstić information content (AvgIpc) is 2.43. The molecule has 1 rings (SSSR count). The summed E-state index contributed by atoms with van der Waals surface area (Å²) in [6.07, 6.45) is 1.02. The topological polar surface area (TPSA) is 49.4 Å². The zero-order chi connectivity index (χ0) is 15.7. The van der Waals surface area contributed by atoms with Gasteiger partial charge in [0.1, 0.15) is 0 Å². The summed E-state index contributed by atoms with van der Waals surface area (Å²) in [6.45, 7) is 6.80. The van der Waals surface area contributed by atoms with Gasteiger partial charge in [0.05, 0.1) is 11.0 Å². The molecule has 0 aliphatic heterocycles. The minimum atomic E-state index is -2.92. The summed E-state index contributed by atoms with van der Waals surface area (Å²) in [5, 5.41) is 2.93. The summed E-state index contributed by atoms with van der Waals surface area (Å²) < 4.78 is 23.3. The van der Waals surface area contributed by atoms with Crippen molar-refractivity contribution in [2.75, 3.05) is 32.4 Å². The predicted octanol–water partition coefficient (Wildman–Crippen LogP) is 1.92. The van der Waals surface area contributed by atoms with Crippen molar-refractivity contribution < 1.29 is 8.42 Å². The van der Waals surface area contributed by atoms with Gasteiger partial charge in [-0.15, -0.1) is 0 Å². The van der Waals surface area contributed by atoms with E-state index in [1.807, 2.05) is 6.07 Å². The molecule has 0 fully saturated rings. The van der Waals surface area contributed by atoms with Crippen LogP contribution in [-0.4, -0.2) is 51.0 Å². The Morgan fingerprint density at radius 3 is 2.43 bits per heavy atom. The van der Waals surface area contributed by atoms with E-state index in [-0.39, 0.29) is 11.0 Å². The minimum absolute atomic E-state index is 0.227. The smallest absolute Gasteiger partial charge is 0.153 e. The van der Waals surface area contributed by atoms with E-state index in [0.717, 1.165) is 26.1 Å². The highest BCUT2D eigenvalue weighted by molar-refractivity contribution is 7.92. The van der Waals surface area contributed by atoms with Crippen LogP contribution in [0.4, 0.5) is 0 Å². The Hall–Kier alpha value is -0.910. The quantitative estimate of drug-likeness (QED) is 0.671. The van der Waals surface area contributed by atoms with E-state index in [0.29, 0.717) is 6.54 Å². The maximum Gasteiger partial charge on any atom is 0.153 e. The zero-order valence-corrected chi connectivity index (χ0v) is 14.2. The van der Waals surface area contributed by atoms with Crippen LogP contribution in [0.3, 0.4) is 0 Å². The molecule has 0 amide bonds. The molecule has 21 heavy (non-hydrogen) atoms. The molecule has 0 spiro atoms. The van der Waals surface area contributed by atoms with Crippen LogP contribution in [0.25, 0.3) is 0 Å². The van der Waals surface area contributed by atoms with E-state index in [1.165, 1.54) is 5.56 Å². The van der Waals surface area contributed by atoms with Gasteiger partial charge < -0.3 is 10.2 Å². The molecule has 5 heteroatoms. The molecule has 0 radical (unpaired) electrons. The summed E-state index contributed by atoms with van der Waals surface area (Å²) in [5.41, 5.74) is 1.32. The molecular weight excluding hydrogens is 284 g/mol. The molecule has 0 aromatic heterocycles.